The molecule has 0 amide bonds. The monoisotopic (exact) mass is 424 g/mol. The molecular weight excluding hydrogens is 388 g/mol. The smallest absolute Gasteiger partial charge is 0.191 e. The first kappa shape index (κ1) is 22.9. The molecule has 6 heteroatoms. The van der Waals surface area contributed by atoms with Crippen LogP contribution >= 0.6 is 0 Å². The van der Waals surface area contributed by atoms with Gasteiger partial charge in [0.1, 0.15) is 12.4 Å². The quantitative estimate of drug-likeness (QED) is 0.347. The Morgan fingerprint density at radius 1 is 1.13 bits per heavy atom. The number of methoxy groups -OCH3 is 1. The lowest BCUT2D eigenvalue weighted by Gasteiger charge is -2.19. The van der Waals surface area contributed by atoms with Crippen LogP contribution in [0, 0.1) is 12.8 Å². The first-order valence-electron chi connectivity index (χ1n) is 11.2. The van der Waals surface area contributed by atoms with Crippen LogP contribution in [-0.2, 0) is 11.3 Å². The third kappa shape index (κ3) is 7.17. The summed E-state index contributed by atoms with van der Waals surface area (Å²) in [6.07, 6.45) is 1.19. The first-order valence-corrected chi connectivity index (χ1v) is 11.2. The molecule has 0 saturated carbocycles. The maximum Gasteiger partial charge on any atom is 0.191 e. The molecule has 0 bridgehead atoms. The number of nitrogens with zero attached hydrogens (tertiary/aromatic N) is 2. The average molecular weight is 425 g/mol. The van der Waals surface area contributed by atoms with Crippen molar-refractivity contribution < 1.29 is 9.47 Å². The van der Waals surface area contributed by atoms with Crippen LogP contribution in [0.5, 0.6) is 5.75 Å². The second-order valence-corrected chi connectivity index (χ2v) is 7.96. The normalized spacial score (nSPS) is 16.4. The Hall–Kier alpha value is -2.73. The fourth-order valence-corrected chi connectivity index (χ4v) is 3.78. The first-order chi connectivity index (χ1) is 15.2. The van der Waals surface area contributed by atoms with E-state index in [1.807, 2.05) is 0 Å². The fraction of sp³-hybridized carbons (Fsp3) is 0.480. The Balaban J connectivity index is 1.56. The Morgan fingerprint density at radius 3 is 2.74 bits per heavy atom. The maximum absolute atomic E-state index is 5.91. The van der Waals surface area contributed by atoms with Crippen molar-refractivity contribution in [3.8, 4) is 5.75 Å². The molecule has 0 spiro atoms. The maximum atomic E-state index is 5.91. The van der Waals surface area contributed by atoms with Gasteiger partial charge < -0.3 is 25.0 Å². The highest BCUT2D eigenvalue weighted by Gasteiger charge is 2.22. The molecule has 31 heavy (non-hydrogen) atoms. The average Bonchev–Trinajstić information content (AvgIpc) is 3.26. The lowest BCUT2D eigenvalue weighted by atomic mass is 10.1. The van der Waals surface area contributed by atoms with Gasteiger partial charge in [-0.15, -0.1) is 0 Å². The number of rotatable bonds is 10. The summed E-state index contributed by atoms with van der Waals surface area (Å²) in [4.78, 5) is 7.27. The zero-order valence-corrected chi connectivity index (χ0v) is 19.1. The van der Waals surface area contributed by atoms with Crippen molar-refractivity contribution in [1.82, 2.24) is 10.6 Å². The van der Waals surface area contributed by atoms with Crippen molar-refractivity contribution in [2.45, 2.75) is 26.8 Å². The second-order valence-electron chi connectivity index (χ2n) is 7.96. The minimum Gasteiger partial charge on any atom is -0.491 e. The summed E-state index contributed by atoms with van der Waals surface area (Å²) < 4.78 is 11.0. The van der Waals surface area contributed by atoms with Crippen molar-refractivity contribution >= 4 is 11.6 Å². The molecule has 0 radical (unpaired) electrons. The summed E-state index contributed by atoms with van der Waals surface area (Å²) in [6.45, 7) is 9.77. The lowest BCUT2D eigenvalue weighted by Crippen LogP contribution is -2.40. The molecule has 6 nitrogen and oxygen atoms in total. The van der Waals surface area contributed by atoms with E-state index < -0.39 is 0 Å². The number of anilines is 1. The third-order valence-corrected chi connectivity index (χ3v) is 5.48. The van der Waals surface area contributed by atoms with E-state index in [2.05, 4.69) is 77.9 Å². The predicted molar refractivity (Wildman–Crippen MR) is 128 cm³/mol. The van der Waals surface area contributed by atoms with Gasteiger partial charge in [-0.05, 0) is 49.9 Å². The molecule has 1 heterocycles. The number of guanidine groups is 1. The van der Waals surface area contributed by atoms with Crippen LogP contribution in [0.4, 0.5) is 5.69 Å². The summed E-state index contributed by atoms with van der Waals surface area (Å²) in [5, 5.41) is 6.91. The standard InChI is InChI=1S/C25H36N4O2/c1-4-26-25(27-17-21-12-13-29(19-21)23-8-6-5-7-9-23)28-18-22-11-10-20(2)16-24(22)31-15-14-30-3/h5-11,16,21H,4,12-15,17-19H2,1-3H3,(H2,26,27,28). The number of hydrogen-bond acceptors (Lipinski definition) is 4. The van der Waals surface area contributed by atoms with Crippen LogP contribution in [0.25, 0.3) is 0 Å². The van der Waals surface area contributed by atoms with Gasteiger partial charge in [0.05, 0.1) is 13.2 Å². The number of aliphatic imine (C=N–C) groups is 1. The van der Waals surface area contributed by atoms with E-state index >= 15 is 0 Å². The summed E-state index contributed by atoms with van der Waals surface area (Å²) in [5.74, 6) is 2.34. The number of ether oxygens (including phenoxy) is 2. The van der Waals surface area contributed by atoms with Crippen molar-refractivity contribution in [1.29, 1.82) is 0 Å². The van der Waals surface area contributed by atoms with Crippen molar-refractivity contribution in [2.24, 2.45) is 10.9 Å². The molecule has 1 saturated heterocycles. The molecule has 2 aromatic carbocycles. The molecule has 0 aromatic heterocycles. The second kappa shape index (κ2) is 12.2. The zero-order valence-electron chi connectivity index (χ0n) is 19.1. The highest BCUT2D eigenvalue weighted by Crippen LogP contribution is 2.23. The van der Waals surface area contributed by atoms with E-state index in [0.29, 0.717) is 25.7 Å². The van der Waals surface area contributed by atoms with Crippen LogP contribution in [0.3, 0.4) is 0 Å². The highest BCUT2D eigenvalue weighted by molar-refractivity contribution is 5.79. The van der Waals surface area contributed by atoms with Crippen molar-refractivity contribution in [3.63, 3.8) is 0 Å². The number of benzene rings is 2. The molecule has 1 unspecified atom stereocenters. The lowest BCUT2D eigenvalue weighted by molar-refractivity contribution is 0.145. The Morgan fingerprint density at radius 2 is 1.97 bits per heavy atom. The largest absolute Gasteiger partial charge is 0.491 e. The molecule has 168 valence electrons. The van der Waals surface area contributed by atoms with Crippen LogP contribution in [-0.4, -0.2) is 52.5 Å². The van der Waals surface area contributed by atoms with Crippen LogP contribution in [0.15, 0.2) is 53.5 Å². The van der Waals surface area contributed by atoms with E-state index in [4.69, 9.17) is 14.5 Å². The van der Waals surface area contributed by atoms with E-state index in [-0.39, 0.29) is 0 Å². The number of aryl methyl sites for hydroxylation is 1. The van der Waals surface area contributed by atoms with Gasteiger partial charge in [-0.25, -0.2) is 4.99 Å². The summed E-state index contributed by atoms with van der Waals surface area (Å²) >= 11 is 0. The summed E-state index contributed by atoms with van der Waals surface area (Å²) in [7, 11) is 1.68. The molecule has 1 aliphatic heterocycles. The molecule has 1 aliphatic rings. The van der Waals surface area contributed by atoms with Gasteiger partial charge in [0.25, 0.3) is 0 Å². The van der Waals surface area contributed by atoms with Crippen LogP contribution in [0.2, 0.25) is 0 Å². The SMILES string of the molecule is CCNC(=NCc1ccc(C)cc1OCCOC)NCC1CCN(c2ccccc2)C1. The van der Waals surface area contributed by atoms with Gasteiger partial charge in [0.2, 0.25) is 0 Å². The van der Waals surface area contributed by atoms with Gasteiger partial charge in [-0.1, -0.05) is 30.3 Å². The molecule has 2 N–H and O–H groups in total. The van der Waals surface area contributed by atoms with Crippen molar-refractivity contribution in [2.75, 3.05) is 51.4 Å². The molecule has 1 atom stereocenters. The van der Waals surface area contributed by atoms with Gasteiger partial charge in [-0.3, -0.25) is 0 Å². The Labute approximate surface area is 186 Å². The molecule has 2 aromatic rings. The van der Waals surface area contributed by atoms with Crippen molar-refractivity contribution in [3.05, 3.63) is 59.7 Å². The summed E-state index contributed by atoms with van der Waals surface area (Å²) in [5.41, 5.74) is 3.57. The highest BCUT2D eigenvalue weighted by atomic mass is 16.5. The van der Waals surface area contributed by atoms with Crippen LogP contribution < -0.4 is 20.3 Å². The minimum atomic E-state index is 0.536. The minimum absolute atomic E-state index is 0.536. The van der Waals surface area contributed by atoms with E-state index in [9.17, 15) is 0 Å². The topological polar surface area (TPSA) is 58.1 Å². The third-order valence-electron chi connectivity index (χ3n) is 5.48. The van der Waals surface area contributed by atoms with E-state index in [0.717, 1.165) is 43.5 Å². The number of para-hydroxylation sites is 1. The number of nitrogens with one attached hydrogen (secondary N) is 2. The van der Waals surface area contributed by atoms with Gasteiger partial charge in [-0.2, -0.15) is 0 Å². The zero-order chi connectivity index (χ0) is 21.9. The van der Waals surface area contributed by atoms with Crippen LogP contribution in [0.1, 0.15) is 24.5 Å². The van der Waals surface area contributed by atoms with Gasteiger partial charge in [0.15, 0.2) is 5.96 Å². The van der Waals surface area contributed by atoms with E-state index in [1.165, 1.54) is 17.7 Å². The van der Waals surface area contributed by atoms with E-state index in [1.54, 1.807) is 7.11 Å². The molecule has 1 fully saturated rings. The Kier molecular flexibility index (Phi) is 9.03. The van der Waals surface area contributed by atoms with Gasteiger partial charge in [0, 0.05) is 44.5 Å². The Bertz CT molecular complexity index is 826. The molecule has 3 rings (SSSR count). The molecular formula is C25H36N4O2. The van der Waals surface area contributed by atoms with Gasteiger partial charge >= 0.3 is 0 Å². The summed E-state index contributed by atoms with van der Waals surface area (Å²) in [6, 6.07) is 16.9. The fourth-order valence-electron chi connectivity index (χ4n) is 3.78. The predicted octanol–water partition coefficient (Wildman–Crippen LogP) is 3.60. The molecule has 0 aliphatic carbocycles. The number of hydrogen-bond donors (Lipinski definition) is 2.